The van der Waals surface area contributed by atoms with Gasteiger partial charge in [-0.05, 0) is 17.7 Å². The van der Waals surface area contributed by atoms with Crippen molar-refractivity contribution in [2.24, 2.45) is 0 Å². The number of benzene rings is 2. The lowest BCUT2D eigenvalue weighted by atomic mass is 10.0. The van der Waals surface area contributed by atoms with E-state index in [0.29, 0.717) is 5.75 Å². The first-order valence-corrected chi connectivity index (χ1v) is 7.53. The molecular weight excluding hydrogens is 290 g/mol. The maximum absolute atomic E-state index is 10.3. The third kappa shape index (κ3) is 3.21. The minimum absolute atomic E-state index is 0.255. The van der Waals surface area contributed by atoms with Gasteiger partial charge in [0.15, 0.2) is 30.0 Å². The number of methoxy groups -OCH3 is 2. The number of rotatable bonds is 4. The van der Waals surface area contributed by atoms with Crippen LogP contribution in [0.2, 0.25) is 0 Å². The topological polar surface area (TPSA) is 41.7 Å². The van der Waals surface area contributed by atoms with Crippen LogP contribution in [-0.4, -0.2) is 36.7 Å². The van der Waals surface area contributed by atoms with Crippen LogP contribution in [-0.2, 0) is 6.42 Å². The van der Waals surface area contributed by atoms with E-state index in [9.17, 15) is 5.11 Å². The van der Waals surface area contributed by atoms with Crippen molar-refractivity contribution < 1.29 is 19.2 Å². The Labute approximate surface area is 135 Å². The molecule has 0 saturated heterocycles. The van der Waals surface area contributed by atoms with Crippen LogP contribution in [0.4, 0.5) is 0 Å². The average molecular weight is 310 g/mol. The molecule has 0 saturated carbocycles. The normalized spacial score (nSPS) is 14.0. The molecule has 0 fully saturated rings. The first-order valence-electron chi connectivity index (χ1n) is 7.53. The molecular formula is C19H20NO3+. The summed E-state index contributed by atoms with van der Waals surface area (Å²) in [4.78, 5) is 0. The Morgan fingerprint density at radius 1 is 1.09 bits per heavy atom. The molecule has 0 aromatic heterocycles. The monoisotopic (exact) mass is 310 g/mol. The Bertz CT molecular complexity index is 764. The molecule has 0 aliphatic carbocycles. The fourth-order valence-corrected chi connectivity index (χ4v) is 2.71. The van der Waals surface area contributed by atoms with E-state index in [4.69, 9.17) is 9.47 Å². The van der Waals surface area contributed by atoms with Gasteiger partial charge in [0, 0.05) is 17.5 Å². The minimum Gasteiger partial charge on any atom is -0.502 e. The van der Waals surface area contributed by atoms with E-state index in [-0.39, 0.29) is 5.76 Å². The summed E-state index contributed by atoms with van der Waals surface area (Å²) in [7, 11) is 3.27. The Morgan fingerprint density at radius 2 is 1.78 bits per heavy atom. The van der Waals surface area contributed by atoms with Gasteiger partial charge < -0.3 is 14.6 Å². The fourth-order valence-electron chi connectivity index (χ4n) is 2.71. The van der Waals surface area contributed by atoms with Crippen LogP contribution in [0.15, 0.2) is 48.7 Å². The maximum Gasteiger partial charge on any atom is 0.211 e. The van der Waals surface area contributed by atoms with Gasteiger partial charge in [0.25, 0.3) is 0 Å². The predicted octanol–water partition coefficient (Wildman–Crippen LogP) is 3.25. The summed E-state index contributed by atoms with van der Waals surface area (Å²) in [6.45, 7) is 0.805. The fraction of sp³-hybridized carbons (Fsp3) is 0.211. The van der Waals surface area contributed by atoms with Crippen molar-refractivity contribution in [1.29, 1.82) is 0 Å². The number of hydrogen-bond acceptors (Lipinski definition) is 3. The van der Waals surface area contributed by atoms with E-state index in [0.717, 1.165) is 29.8 Å². The average Bonchev–Trinajstić information content (AvgIpc) is 2.61. The molecule has 4 heteroatoms. The van der Waals surface area contributed by atoms with Crippen LogP contribution in [0, 0.1) is 0 Å². The van der Waals surface area contributed by atoms with Crippen molar-refractivity contribution >= 4 is 12.0 Å². The molecule has 1 aliphatic rings. The highest BCUT2D eigenvalue weighted by atomic mass is 16.5. The number of hydrogen-bond donors (Lipinski definition) is 1. The maximum atomic E-state index is 10.3. The van der Waals surface area contributed by atoms with Gasteiger partial charge in [-0.1, -0.05) is 30.3 Å². The summed E-state index contributed by atoms with van der Waals surface area (Å²) in [5.74, 6) is 1.71. The molecule has 1 aliphatic heterocycles. The Kier molecular flexibility index (Phi) is 4.33. The molecule has 0 spiro atoms. The second-order valence-corrected chi connectivity index (χ2v) is 5.40. The number of aliphatic hydroxyl groups is 1. The van der Waals surface area contributed by atoms with E-state index < -0.39 is 0 Å². The predicted molar refractivity (Wildman–Crippen MR) is 90.6 cm³/mol. The van der Waals surface area contributed by atoms with Gasteiger partial charge in [-0.3, -0.25) is 0 Å². The van der Waals surface area contributed by atoms with Gasteiger partial charge in [0.2, 0.25) is 6.20 Å². The van der Waals surface area contributed by atoms with E-state index in [1.807, 2.05) is 53.3 Å². The van der Waals surface area contributed by atoms with Crippen LogP contribution >= 0.6 is 0 Å². The molecule has 0 bridgehead atoms. The molecule has 0 unspecified atom stereocenters. The summed E-state index contributed by atoms with van der Waals surface area (Å²) in [6.07, 6.45) is 4.65. The van der Waals surface area contributed by atoms with Crippen molar-refractivity contribution in [3.8, 4) is 11.5 Å². The van der Waals surface area contributed by atoms with Crippen molar-refractivity contribution in [2.45, 2.75) is 6.42 Å². The molecule has 118 valence electrons. The lowest BCUT2D eigenvalue weighted by Gasteiger charge is -2.14. The minimum atomic E-state index is 0.255. The smallest absolute Gasteiger partial charge is 0.211 e. The van der Waals surface area contributed by atoms with Gasteiger partial charge in [-0.25, -0.2) is 4.58 Å². The van der Waals surface area contributed by atoms with Crippen molar-refractivity contribution in [2.75, 3.05) is 20.8 Å². The summed E-state index contributed by atoms with van der Waals surface area (Å²) < 4.78 is 12.7. The highest BCUT2D eigenvalue weighted by Crippen LogP contribution is 2.31. The first kappa shape index (κ1) is 15.2. The van der Waals surface area contributed by atoms with Crippen molar-refractivity contribution in [1.82, 2.24) is 0 Å². The molecule has 1 heterocycles. The molecule has 4 nitrogen and oxygen atoms in total. The van der Waals surface area contributed by atoms with Crippen LogP contribution < -0.4 is 9.47 Å². The van der Waals surface area contributed by atoms with Crippen LogP contribution in [0.3, 0.4) is 0 Å². The summed E-state index contributed by atoms with van der Waals surface area (Å²) in [5.41, 5.74) is 3.09. The van der Waals surface area contributed by atoms with E-state index in [1.54, 1.807) is 20.4 Å². The SMILES string of the molecule is COc1cc2c(cc1OC)CC[N+](/C=C(/O)c1ccccc1)=C2. The van der Waals surface area contributed by atoms with Gasteiger partial charge in [0.1, 0.15) is 0 Å². The molecule has 23 heavy (non-hydrogen) atoms. The third-order valence-electron chi connectivity index (χ3n) is 3.95. The number of fused-ring (bicyclic) bond motifs is 1. The largest absolute Gasteiger partial charge is 0.502 e. The highest BCUT2D eigenvalue weighted by molar-refractivity contribution is 5.81. The molecule has 2 aromatic carbocycles. The lowest BCUT2D eigenvalue weighted by molar-refractivity contribution is -0.452. The number of aliphatic hydroxyl groups excluding tert-OH is 1. The number of nitrogens with zero attached hydrogens (tertiary/aromatic N) is 1. The molecule has 0 amide bonds. The molecule has 2 aromatic rings. The quantitative estimate of drug-likeness (QED) is 0.696. The summed E-state index contributed by atoms with van der Waals surface area (Å²) in [5, 5.41) is 10.3. The molecule has 1 N–H and O–H groups in total. The van der Waals surface area contributed by atoms with Gasteiger partial charge in [0.05, 0.1) is 14.2 Å². The van der Waals surface area contributed by atoms with Gasteiger partial charge >= 0.3 is 0 Å². The zero-order valence-electron chi connectivity index (χ0n) is 13.3. The highest BCUT2D eigenvalue weighted by Gasteiger charge is 2.19. The van der Waals surface area contributed by atoms with Crippen molar-refractivity contribution in [3.05, 3.63) is 65.4 Å². The van der Waals surface area contributed by atoms with Crippen molar-refractivity contribution in [3.63, 3.8) is 0 Å². The Balaban J connectivity index is 1.94. The van der Waals surface area contributed by atoms with Gasteiger partial charge in [-0.2, -0.15) is 0 Å². The van der Waals surface area contributed by atoms with Crippen LogP contribution in [0.5, 0.6) is 11.5 Å². The molecule has 3 rings (SSSR count). The summed E-state index contributed by atoms with van der Waals surface area (Å²) in [6, 6.07) is 13.5. The lowest BCUT2D eigenvalue weighted by Crippen LogP contribution is -2.19. The standard InChI is InChI=1S/C19H19NO3/c1-22-18-10-15-8-9-20(12-16(15)11-19(18)23-2)13-17(21)14-6-4-3-5-7-14/h3-7,10-13H,8-9H2,1-2H3/p+1/b17-13+. The van der Waals surface area contributed by atoms with E-state index >= 15 is 0 Å². The second-order valence-electron chi connectivity index (χ2n) is 5.40. The van der Waals surface area contributed by atoms with Crippen LogP contribution in [0.1, 0.15) is 16.7 Å². The first-order chi connectivity index (χ1) is 11.2. The number of ether oxygens (including phenoxy) is 2. The van der Waals surface area contributed by atoms with E-state index in [1.165, 1.54) is 5.56 Å². The summed E-state index contributed by atoms with van der Waals surface area (Å²) >= 11 is 0. The zero-order valence-corrected chi connectivity index (χ0v) is 13.3. The molecule has 0 atom stereocenters. The van der Waals surface area contributed by atoms with E-state index in [2.05, 4.69) is 0 Å². The zero-order chi connectivity index (χ0) is 16.2. The second kappa shape index (κ2) is 6.57. The Hall–Kier alpha value is -2.75. The Morgan fingerprint density at radius 3 is 2.48 bits per heavy atom. The van der Waals surface area contributed by atoms with Gasteiger partial charge in [-0.15, -0.1) is 0 Å². The van der Waals surface area contributed by atoms with Crippen LogP contribution in [0.25, 0.3) is 5.76 Å². The molecule has 0 radical (unpaired) electrons. The third-order valence-corrected chi connectivity index (χ3v) is 3.95.